The molecule has 1 fully saturated rings. The number of hydrogen-bond donors (Lipinski definition) is 1. The maximum atomic E-state index is 13.2. The monoisotopic (exact) mass is 506 g/mol. The summed E-state index contributed by atoms with van der Waals surface area (Å²) in [7, 11) is 0. The minimum Gasteiger partial charge on any atom is -0.352 e. The molecule has 178 valence electrons. The van der Waals surface area contributed by atoms with Gasteiger partial charge in [-0.1, -0.05) is 78.9 Å². The third-order valence-electron chi connectivity index (χ3n) is 6.03. The average Bonchev–Trinajstić information content (AvgIpc) is 2.83. The second-order valence-corrected chi connectivity index (χ2v) is 10.5. The van der Waals surface area contributed by atoms with Gasteiger partial charge in [0.15, 0.2) is 0 Å². The van der Waals surface area contributed by atoms with Gasteiger partial charge in [-0.2, -0.15) is 11.8 Å². The normalized spacial score (nSPS) is 15.1. The van der Waals surface area contributed by atoms with Gasteiger partial charge in [0.05, 0.1) is 10.0 Å². The zero-order chi connectivity index (χ0) is 23.6. The second kappa shape index (κ2) is 13.3. The molecule has 2 aromatic carbocycles. The Morgan fingerprint density at radius 3 is 2.45 bits per heavy atom. The van der Waals surface area contributed by atoms with Crippen LogP contribution in [0.2, 0.25) is 10.0 Å². The number of hydrogen-bond acceptors (Lipinski definition) is 3. The highest BCUT2D eigenvalue weighted by atomic mass is 35.5. The van der Waals surface area contributed by atoms with Crippen LogP contribution in [0.4, 0.5) is 0 Å². The first-order valence-electron chi connectivity index (χ1n) is 11.6. The van der Waals surface area contributed by atoms with Crippen LogP contribution in [-0.2, 0) is 21.9 Å². The highest BCUT2D eigenvalue weighted by molar-refractivity contribution is 7.98. The zero-order valence-electron chi connectivity index (χ0n) is 19.1. The Morgan fingerprint density at radius 2 is 1.76 bits per heavy atom. The van der Waals surface area contributed by atoms with Crippen molar-refractivity contribution < 1.29 is 9.59 Å². The number of thioether (sulfide) groups is 1. The minimum absolute atomic E-state index is 0.0343. The van der Waals surface area contributed by atoms with Crippen LogP contribution < -0.4 is 5.32 Å². The van der Waals surface area contributed by atoms with Gasteiger partial charge in [-0.05, 0) is 43.0 Å². The SMILES string of the molecule is C[C@H](C(=O)NC1CCCCC1)N(Cc1ccc(Cl)c(Cl)c1)C(=O)CCSCc1ccccc1. The molecule has 0 saturated heterocycles. The lowest BCUT2D eigenvalue weighted by Gasteiger charge is -2.31. The number of carbonyl (C=O) groups is 2. The van der Waals surface area contributed by atoms with E-state index in [0.717, 1.165) is 37.0 Å². The third kappa shape index (κ3) is 8.24. The Balaban J connectivity index is 1.63. The summed E-state index contributed by atoms with van der Waals surface area (Å²) in [6.07, 6.45) is 5.91. The van der Waals surface area contributed by atoms with Crippen LogP contribution >= 0.6 is 35.0 Å². The quantitative estimate of drug-likeness (QED) is 0.375. The number of halogens is 2. The summed E-state index contributed by atoms with van der Waals surface area (Å²) in [4.78, 5) is 27.9. The first-order chi connectivity index (χ1) is 15.9. The third-order valence-corrected chi connectivity index (χ3v) is 7.80. The van der Waals surface area contributed by atoms with E-state index in [0.29, 0.717) is 28.8 Å². The molecule has 4 nitrogen and oxygen atoms in total. The van der Waals surface area contributed by atoms with Gasteiger partial charge in [0.2, 0.25) is 11.8 Å². The van der Waals surface area contributed by atoms with Crippen molar-refractivity contribution >= 4 is 46.8 Å². The molecule has 7 heteroatoms. The Labute approximate surface area is 211 Å². The molecule has 0 aromatic heterocycles. The summed E-state index contributed by atoms with van der Waals surface area (Å²) in [6.45, 7) is 2.13. The van der Waals surface area contributed by atoms with Crippen LogP contribution in [0.15, 0.2) is 48.5 Å². The molecule has 0 spiro atoms. The average molecular weight is 508 g/mol. The van der Waals surface area contributed by atoms with E-state index >= 15 is 0 Å². The highest BCUT2D eigenvalue weighted by Crippen LogP contribution is 2.24. The molecule has 1 N–H and O–H groups in total. The Kier molecular flexibility index (Phi) is 10.4. The largest absolute Gasteiger partial charge is 0.352 e. The van der Waals surface area contributed by atoms with Crippen molar-refractivity contribution in [3.05, 3.63) is 69.7 Å². The van der Waals surface area contributed by atoms with Crippen molar-refractivity contribution in [1.29, 1.82) is 0 Å². The maximum absolute atomic E-state index is 13.2. The Morgan fingerprint density at radius 1 is 1.03 bits per heavy atom. The number of rotatable bonds is 10. The minimum atomic E-state index is -0.562. The van der Waals surface area contributed by atoms with Gasteiger partial charge in [-0.25, -0.2) is 0 Å². The van der Waals surface area contributed by atoms with Crippen molar-refractivity contribution in [2.45, 2.75) is 69.8 Å². The topological polar surface area (TPSA) is 49.4 Å². The van der Waals surface area contributed by atoms with Crippen molar-refractivity contribution in [1.82, 2.24) is 10.2 Å². The van der Waals surface area contributed by atoms with Gasteiger partial charge in [-0.3, -0.25) is 9.59 Å². The van der Waals surface area contributed by atoms with E-state index in [1.54, 1.807) is 28.8 Å². The summed E-state index contributed by atoms with van der Waals surface area (Å²) in [6, 6.07) is 15.2. The lowest BCUT2D eigenvalue weighted by atomic mass is 9.95. The molecule has 1 aliphatic rings. The lowest BCUT2D eigenvalue weighted by molar-refractivity contribution is -0.140. The summed E-state index contributed by atoms with van der Waals surface area (Å²) >= 11 is 14.0. The molecule has 0 aliphatic heterocycles. The van der Waals surface area contributed by atoms with Crippen molar-refractivity contribution in [3.63, 3.8) is 0 Å². The van der Waals surface area contributed by atoms with Crippen LogP contribution in [0.25, 0.3) is 0 Å². The van der Waals surface area contributed by atoms with E-state index in [-0.39, 0.29) is 17.9 Å². The predicted octanol–water partition coefficient (Wildman–Crippen LogP) is 6.48. The van der Waals surface area contributed by atoms with E-state index in [4.69, 9.17) is 23.2 Å². The highest BCUT2D eigenvalue weighted by Gasteiger charge is 2.28. The lowest BCUT2D eigenvalue weighted by Crippen LogP contribution is -2.50. The molecule has 1 saturated carbocycles. The molecule has 33 heavy (non-hydrogen) atoms. The Bertz CT molecular complexity index is 920. The van der Waals surface area contributed by atoms with E-state index in [1.807, 2.05) is 31.2 Å². The summed E-state index contributed by atoms with van der Waals surface area (Å²) < 4.78 is 0. The molecular weight excluding hydrogens is 475 g/mol. The summed E-state index contributed by atoms with van der Waals surface area (Å²) in [5.74, 6) is 1.43. The molecule has 0 heterocycles. The standard InChI is InChI=1S/C26H32Cl2N2O2S/c1-19(26(32)29-22-10-6-3-7-11-22)30(17-21-12-13-23(27)24(28)16-21)25(31)14-15-33-18-20-8-4-2-5-9-20/h2,4-5,8-9,12-13,16,19,22H,3,6-7,10-11,14-15,17-18H2,1H3,(H,29,32)/t19-/m1/s1. The maximum Gasteiger partial charge on any atom is 0.242 e. The van der Waals surface area contributed by atoms with Crippen LogP contribution in [0.5, 0.6) is 0 Å². The van der Waals surface area contributed by atoms with Gasteiger partial charge in [0.1, 0.15) is 6.04 Å². The van der Waals surface area contributed by atoms with Crippen molar-refractivity contribution in [3.8, 4) is 0 Å². The molecule has 0 radical (unpaired) electrons. The fourth-order valence-electron chi connectivity index (χ4n) is 4.05. The number of carbonyl (C=O) groups excluding carboxylic acids is 2. The van der Waals surface area contributed by atoms with E-state index in [9.17, 15) is 9.59 Å². The van der Waals surface area contributed by atoms with Crippen molar-refractivity contribution in [2.75, 3.05) is 5.75 Å². The number of benzene rings is 2. The van der Waals surface area contributed by atoms with Crippen LogP contribution in [0.1, 0.15) is 56.6 Å². The van der Waals surface area contributed by atoms with Gasteiger partial charge >= 0.3 is 0 Å². The van der Waals surface area contributed by atoms with E-state index in [2.05, 4.69) is 17.4 Å². The predicted molar refractivity (Wildman–Crippen MR) is 139 cm³/mol. The summed E-state index contributed by atoms with van der Waals surface area (Å²) in [5.41, 5.74) is 2.09. The van der Waals surface area contributed by atoms with E-state index in [1.165, 1.54) is 12.0 Å². The van der Waals surface area contributed by atoms with Crippen LogP contribution in [0, 0.1) is 0 Å². The molecule has 2 aromatic rings. The smallest absolute Gasteiger partial charge is 0.242 e. The number of nitrogens with one attached hydrogen (secondary N) is 1. The van der Waals surface area contributed by atoms with Crippen LogP contribution in [0.3, 0.4) is 0 Å². The van der Waals surface area contributed by atoms with E-state index < -0.39 is 6.04 Å². The molecule has 1 aliphatic carbocycles. The Hall–Kier alpha value is -1.69. The summed E-state index contributed by atoms with van der Waals surface area (Å²) in [5, 5.41) is 4.08. The zero-order valence-corrected chi connectivity index (χ0v) is 21.4. The van der Waals surface area contributed by atoms with Crippen molar-refractivity contribution in [2.24, 2.45) is 0 Å². The van der Waals surface area contributed by atoms with Gasteiger partial charge in [-0.15, -0.1) is 0 Å². The molecule has 3 rings (SSSR count). The van der Waals surface area contributed by atoms with Gasteiger partial charge in [0, 0.05) is 30.5 Å². The molecular formula is C26H32Cl2N2O2S. The first kappa shape index (κ1) is 25.9. The van der Waals surface area contributed by atoms with Gasteiger partial charge in [0.25, 0.3) is 0 Å². The van der Waals surface area contributed by atoms with Crippen LogP contribution in [-0.4, -0.2) is 34.6 Å². The van der Waals surface area contributed by atoms with Gasteiger partial charge < -0.3 is 10.2 Å². The molecule has 2 amide bonds. The fraction of sp³-hybridized carbons (Fsp3) is 0.462. The molecule has 0 bridgehead atoms. The second-order valence-electron chi connectivity index (χ2n) is 8.58. The first-order valence-corrected chi connectivity index (χ1v) is 13.5. The number of nitrogens with zero attached hydrogens (tertiary/aromatic N) is 1. The number of amides is 2. The molecule has 0 unspecified atom stereocenters. The fourth-order valence-corrected chi connectivity index (χ4v) is 5.27. The molecule has 1 atom stereocenters.